The Morgan fingerprint density at radius 2 is 0.756 bits per heavy atom. The van der Waals surface area contributed by atoms with E-state index in [1.165, 1.54) is 81.8 Å². The Morgan fingerprint density at radius 1 is 0.393 bits per heavy atom. The number of nitrogens with zero attached hydrogens (tertiary/aromatic N) is 1. The zero-order valence-electron chi connectivity index (χ0n) is 76.7. The molecule has 0 aliphatic carbocycles. The topological polar surface area (TPSA) is 792 Å². The van der Waals surface area contributed by atoms with Crippen molar-refractivity contribution in [3.63, 3.8) is 0 Å². The maximum Gasteiger partial charge on any atom is 0.328 e. The molecule has 0 saturated carbocycles. The van der Waals surface area contributed by atoms with Crippen LogP contribution in [0.1, 0.15) is 167 Å². The molecule has 47 nitrogen and oxygen atoms in total. The fraction of sp³-hybridized carbons (Fsp3) is 0.545. The monoisotopic (exact) mass is 1900 g/mol. The van der Waals surface area contributed by atoms with Crippen LogP contribution in [0.15, 0.2) is 91.4 Å². The molecule has 15 atom stereocenters. The summed E-state index contributed by atoms with van der Waals surface area (Å²) in [7, 11) is 0. The molecule has 0 aliphatic heterocycles. The van der Waals surface area contributed by atoms with E-state index in [0.717, 1.165) is 0 Å². The standard InChI is InChI=1S/C88H133N23O24/c1-46(2)36-62(104-74(121)56(91)41-53-43-95-45-97-53)80(127)103-61(30-32-70(116)117)78(125)109-67(42-71(118)119)85(132)100-58(19-12-14-34-90)76(123)106-65(39-51-21-25-54(113)26-22-51)83(130)101-59(20-15-35-96-88(93)94)77(124)107-66(40-52-23-27-55(114)28-24-52)84(131)105-63(37-47(3)4)81(128)108-64(38-50-16-9-8-10-17-50)82(129)99-57(18-11-13-33-89)75(122)102-60(29-31-69(92)115)79(126)111-72(48(5)6)86(133)98-49(7)73(120)110-68(44-112)87(134)135/h8-10,16-17,21-28,43,45-49,56-68,72,112-114H,11-15,18-20,29-42,44,89-91H2,1-7H3,(H2,92,115)(H,95,97)(H,98,133)(H,99,129)(H,100,132)(H,101,130)(H,102,122)(H,103,127)(H,104,121)(H,105,131)(H,106,123)(H,107,124)(H,108,128)(H,109,125)(H,110,120)(H,111,126)(H,116,117)(H,118,119)(H,134,135)(H4,93,94,96)/t49-,56-,57-,58-,59-,60-,61-,62-,63-,64-,65-,66-,67-,68-,72-/m0/s1. The largest absolute Gasteiger partial charge is 0.508 e. The number of amides is 15. The summed E-state index contributed by atoms with van der Waals surface area (Å²) in [4.78, 5) is 258. The van der Waals surface area contributed by atoms with Crippen LogP contribution in [0.3, 0.4) is 0 Å². The van der Waals surface area contributed by atoms with Gasteiger partial charge in [0, 0.05) is 51.3 Å². The minimum absolute atomic E-state index is 0.0251. The number of hydrogen-bond donors (Lipinski definition) is 28. The second-order valence-electron chi connectivity index (χ2n) is 33.9. The first-order valence-corrected chi connectivity index (χ1v) is 44.4. The lowest BCUT2D eigenvalue weighted by molar-refractivity contribution is -0.143. The Hall–Kier alpha value is -14.0. The highest BCUT2D eigenvalue weighted by Gasteiger charge is 2.40. The third kappa shape index (κ3) is 42.6. The van der Waals surface area contributed by atoms with Gasteiger partial charge in [0.15, 0.2) is 5.96 Å². The molecule has 3 aromatic carbocycles. The van der Waals surface area contributed by atoms with E-state index in [1.54, 1.807) is 58.0 Å². The van der Waals surface area contributed by atoms with Crippen molar-refractivity contribution in [2.45, 2.75) is 261 Å². The van der Waals surface area contributed by atoms with Crippen LogP contribution in [0.2, 0.25) is 0 Å². The highest BCUT2D eigenvalue weighted by molar-refractivity contribution is 6.01. The van der Waals surface area contributed by atoms with E-state index in [9.17, 15) is 93.0 Å². The van der Waals surface area contributed by atoms with E-state index in [4.69, 9.17) is 34.1 Å². The summed E-state index contributed by atoms with van der Waals surface area (Å²) in [5, 5.41) is 105. The predicted octanol–water partition coefficient (Wildman–Crippen LogP) is -4.82. The van der Waals surface area contributed by atoms with Crippen LogP contribution < -0.4 is 108 Å². The van der Waals surface area contributed by atoms with Crippen LogP contribution in [-0.2, 0) is 112 Å². The molecule has 0 fully saturated rings. The minimum atomic E-state index is -2.08. The van der Waals surface area contributed by atoms with Crippen LogP contribution in [0.5, 0.6) is 11.5 Å². The molecule has 0 bridgehead atoms. The van der Waals surface area contributed by atoms with Crippen molar-refractivity contribution in [1.82, 2.24) is 89.7 Å². The second-order valence-corrected chi connectivity index (χ2v) is 33.9. The number of carbonyl (C=O) groups is 18. The molecule has 33 N–H and O–H groups in total. The van der Waals surface area contributed by atoms with E-state index < -0.39 is 266 Å². The number of aliphatic hydroxyl groups excluding tert-OH is 1. The number of benzene rings is 3. The fourth-order valence-corrected chi connectivity index (χ4v) is 13.8. The molecule has 15 amide bonds. The van der Waals surface area contributed by atoms with E-state index in [-0.39, 0.29) is 113 Å². The molecule has 1 aromatic heterocycles. The average molecular weight is 1900 g/mol. The molecule has 0 unspecified atom stereocenters. The lowest BCUT2D eigenvalue weighted by Crippen LogP contribution is -2.61. The number of aliphatic hydroxyl groups is 1. The summed E-state index contributed by atoms with van der Waals surface area (Å²) in [5.74, 6) is -22.4. The Balaban J connectivity index is 1.75. The van der Waals surface area contributed by atoms with Gasteiger partial charge in [-0.1, -0.05) is 96.1 Å². The number of hydrogen-bond acceptors (Lipinski definition) is 26. The molecule has 0 aliphatic rings. The normalized spacial score (nSPS) is 14.5. The fourth-order valence-electron chi connectivity index (χ4n) is 13.8. The van der Waals surface area contributed by atoms with Crippen molar-refractivity contribution in [2.75, 3.05) is 26.2 Å². The third-order valence-electron chi connectivity index (χ3n) is 21.1. The van der Waals surface area contributed by atoms with Gasteiger partial charge in [-0.3, -0.25) is 86.9 Å². The van der Waals surface area contributed by atoms with Crippen molar-refractivity contribution in [1.29, 1.82) is 5.41 Å². The number of carboxylic acids is 3. The number of phenols is 2. The van der Waals surface area contributed by atoms with E-state index in [1.807, 2.05) is 0 Å². The first kappa shape index (κ1) is 113. The van der Waals surface area contributed by atoms with Crippen LogP contribution >= 0.6 is 0 Å². The quantitative estimate of drug-likeness (QED) is 0.0112. The number of nitrogens with one attached hydrogen (secondary N) is 17. The zero-order valence-corrected chi connectivity index (χ0v) is 76.7. The van der Waals surface area contributed by atoms with Crippen molar-refractivity contribution < 1.29 is 117 Å². The van der Waals surface area contributed by atoms with Gasteiger partial charge >= 0.3 is 17.9 Å². The van der Waals surface area contributed by atoms with Crippen LogP contribution in [0.4, 0.5) is 0 Å². The molecule has 1 heterocycles. The molecule has 0 spiro atoms. The maximum atomic E-state index is 15.3. The van der Waals surface area contributed by atoms with Crippen molar-refractivity contribution >= 4 is 112 Å². The lowest BCUT2D eigenvalue weighted by Gasteiger charge is -2.29. The Bertz CT molecular complexity index is 4610. The number of imidazole rings is 1. The number of primary amides is 1. The number of H-pyrrole nitrogens is 1. The number of aromatic nitrogens is 2. The Kier molecular flexibility index (Phi) is 49.4. The second kappa shape index (κ2) is 58.8. The van der Waals surface area contributed by atoms with Gasteiger partial charge in [0.2, 0.25) is 88.6 Å². The number of carbonyl (C=O) groups excluding carboxylic acids is 15. The van der Waals surface area contributed by atoms with Gasteiger partial charge in [0.25, 0.3) is 0 Å². The molecular weight excluding hydrogens is 1760 g/mol. The van der Waals surface area contributed by atoms with Crippen LogP contribution in [0.25, 0.3) is 0 Å². The number of nitrogens with two attached hydrogens (primary N) is 5. The first-order chi connectivity index (χ1) is 63.8. The molecule has 47 heteroatoms. The lowest BCUT2D eigenvalue weighted by atomic mass is 9.99. The molecule has 0 radical (unpaired) electrons. The van der Waals surface area contributed by atoms with Gasteiger partial charge in [-0.25, -0.2) is 9.78 Å². The van der Waals surface area contributed by atoms with Crippen LogP contribution in [-0.4, -0.2) is 270 Å². The summed E-state index contributed by atoms with van der Waals surface area (Å²) in [5.41, 5.74) is 30.5. The van der Waals surface area contributed by atoms with Gasteiger partial charge in [-0.15, -0.1) is 0 Å². The predicted molar refractivity (Wildman–Crippen MR) is 488 cm³/mol. The minimum Gasteiger partial charge on any atom is -0.508 e. The zero-order chi connectivity index (χ0) is 101. The third-order valence-corrected chi connectivity index (χ3v) is 21.1. The summed E-state index contributed by atoms with van der Waals surface area (Å²) in [6, 6.07) is -5.24. The molecule has 0 saturated heterocycles. The first-order valence-electron chi connectivity index (χ1n) is 44.4. The van der Waals surface area contributed by atoms with Crippen LogP contribution in [0, 0.1) is 23.2 Å². The highest BCUT2D eigenvalue weighted by Crippen LogP contribution is 2.19. The smallest absolute Gasteiger partial charge is 0.328 e. The number of carboxylic acid groups (broad SMARTS) is 3. The molecule has 4 rings (SSSR count). The molecular formula is C88H133N23O24. The van der Waals surface area contributed by atoms with Gasteiger partial charge in [-0.2, -0.15) is 0 Å². The number of rotatable bonds is 63. The van der Waals surface area contributed by atoms with Gasteiger partial charge in [0.05, 0.1) is 31.1 Å². The van der Waals surface area contributed by atoms with E-state index >= 15 is 24.0 Å². The molecule has 744 valence electrons. The maximum absolute atomic E-state index is 15.3. The Labute approximate surface area is 780 Å². The van der Waals surface area contributed by atoms with Crippen molar-refractivity contribution in [3.05, 3.63) is 114 Å². The van der Waals surface area contributed by atoms with E-state index in [2.05, 4.69) is 89.7 Å². The van der Waals surface area contributed by atoms with Gasteiger partial charge < -0.3 is 144 Å². The highest BCUT2D eigenvalue weighted by atomic mass is 16.4. The van der Waals surface area contributed by atoms with E-state index in [0.29, 0.717) is 23.2 Å². The Morgan fingerprint density at radius 3 is 1.13 bits per heavy atom. The van der Waals surface area contributed by atoms with Gasteiger partial charge in [0.1, 0.15) is 96.1 Å². The number of aromatic hydroxyl groups is 2. The SMILES string of the molecule is CC(C)C[C@H](NC(=O)[C@H](Cc1ccc(O)cc1)NC(=O)[C@H](CCCNC(=N)N)NC(=O)[C@H](Cc1ccc(O)cc1)NC(=O)[C@H](CCCCN)NC(=O)[C@H](CC(=O)O)NC(=O)[C@H](CCC(=O)O)NC(=O)[C@H](CC(C)C)NC(=O)[C@@H](N)Cc1c[nH]cn1)C(=O)N[C@@H](Cc1ccccc1)C(=O)N[C@@H](CCCCN)C(=O)N[C@@H](CCC(N)=O)C(=O)N[C@H](C(=O)N[C@@H](C)C(=O)N[C@@H](CO)C(=O)O)C(C)C. The summed E-state index contributed by atoms with van der Waals surface area (Å²) in [6.07, 6.45) is -1.94. The number of aliphatic carboxylic acids is 3. The number of unbranched alkanes of at least 4 members (excludes halogenated alkanes) is 2. The summed E-state index contributed by atoms with van der Waals surface area (Å²) >= 11 is 0. The van der Waals surface area contributed by atoms with Crippen molar-refractivity contribution in [2.24, 2.45) is 46.4 Å². The number of guanidine groups is 1. The average Bonchev–Trinajstić information content (AvgIpc) is 1.15. The van der Waals surface area contributed by atoms with Gasteiger partial charge in [-0.05, 0) is 156 Å². The molecule has 135 heavy (non-hydrogen) atoms. The molecule has 4 aromatic rings. The van der Waals surface area contributed by atoms with Crippen molar-refractivity contribution in [3.8, 4) is 11.5 Å². The number of phenolic OH excluding ortho intramolecular Hbond substituents is 2. The summed E-state index contributed by atoms with van der Waals surface area (Å²) in [6.45, 7) is 10.2. The number of aromatic amines is 1. The summed E-state index contributed by atoms with van der Waals surface area (Å²) < 4.78 is 0.